The molecular weight excluding hydrogens is 190 g/mol. The molecule has 0 aliphatic rings. The van der Waals surface area contributed by atoms with Gasteiger partial charge in [-0.3, -0.25) is 0 Å². The fourth-order valence-corrected chi connectivity index (χ4v) is 1.22. The number of hydrogen-bond donors (Lipinski definition) is 1. The molecule has 0 saturated carbocycles. The van der Waals surface area contributed by atoms with Crippen LogP contribution in [0.3, 0.4) is 0 Å². The van der Waals surface area contributed by atoms with Gasteiger partial charge >= 0.3 is 0 Å². The van der Waals surface area contributed by atoms with Crippen molar-refractivity contribution in [2.24, 2.45) is 0 Å². The van der Waals surface area contributed by atoms with Crippen LogP contribution in [0.25, 0.3) is 11.3 Å². The monoisotopic (exact) mass is 196 g/mol. The Labute approximate surface area is 78.4 Å². The summed E-state index contributed by atoms with van der Waals surface area (Å²) in [5.41, 5.74) is -0.271. The molecule has 0 saturated heterocycles. The first-order valence-corrected chi connectivity index (χ1v) is 3.90. The quantitative estimate of drug-likeness (QED) is 0.760. The molecular formula is C10H6F2O2. The molecule has 14 heavy (non-hydrogen) atoms. The Morgan fingerprint density at radius 3 is 2.29 bits per heavy atom. The Morgan fingerprint density at radius 2 is 1.79 bits per heavy atom. The SMILES string of the molecule is Oc1cc(F)c(-c2ccco2)c(F)c1. The van der Waals surface area contributed by atoms with Gasteiger partial charge in [0.05, 0.1) is 11.8 Å². The summed E-state index contributed by atoms with van der Waals surface area (Å²) in [6, 6.07) is 4.64. The first-order chi connectivity index (χ1) is 6.68. The van der Waals surface area contributed by atoms with E-state index in [1.807, 2.05) is 0 Å². The molecule has 0 fully saturated rings. The second-order valence-electron chi connectivity index (χ2n) is 2.76. The summed E-state index contributed by atoms with van der Waals surface area (Å²) in [7, 11) is 0. The highest BCUT2D eigenvalue weighted by Crippen LogP contribution is 2.29. The van der Waals surface area contributed by atoms with Gasteiger partial charge in [-0.05, 0) is 12.1 Å². The molecule has 72 valence electrons. The van der Waals surface area contributed by atoms with Crippen molar-refractivity contribution >= 4 is 0 Å². The van der Waals surface area contributed by atoms with Crippen LogP contribution in [-0.2, 0) is 0 Å². The summed E-state index contributed by atoms with van der Waals surface area (Å²) in [5, 5.41) is 8.91. The van der Waals surface area contributed by atoms with Crippen molar-refractivity contribution in [2.45, 2.75) is 0 Å². The van der Waals surface area contributed by atoms with Crippen molar-refractivity contribution in [3.05, 3.63) is 42.2 Å². The first-order valence-electron chi connectivity index (χ1n) is 3.90. The van der Waals surface area contributed by atoms with E-state index in [0.29, 0.717) is 0 Å². The molecule has 0 aliphatic heterocycles. The predicted molar refractivity (Wildman–Crippen MR) is 45.7 cm³/mol. The van der Waals surface area contributed by atoms with Gasteiger partial charge in [-0.2, -0.15) is 0 Å². The number of benzene rings is 1. The zero-order valence-corrected chi connectivity index (χ0v) is 7.00. The standard InChI is InChI=1S/C10H6F2O2/c11-7-4-6(13)5-8(12)10(7)9-2-1-3-14-9/h1-5,13H. The molecule has 2 aromatic rings. The average molecular weight is 196 g/mol. The van der Waals surface area contributed by atoms with E-state index in [1.165, 1.54) is 18.4 Å². The van der Waals surface area contributed by atoms with Crippen molar-refractivity contribution in [3.8, 4) is 17.1 Å². The Hall–Kier alpha value is -1.84. The van der Waals surface area contributed by atoms with Crippen molar-refractivity contribution in [1.29, 1.82) is 0 Å². The number of hydrogen-bond acceptors (Lipinski definition) is 2. The third-order valence-corrected chi connectivity index (χ3v) is 1.79. The Balaban J connectivity index is 2.64. The van der Waals surface area contributed by atoms with E-state index in [-0.39, 0.29) is 11.3 Å². The van der Waals surface area contributed by atoms with Crippen LogP contribution in [0.1, 0.15) is 0 Å². The van der Waals surface area contributed by atoms with Crippen LogP contribution in [0.15, 0.2) is 34.9 Å². The van der Waals surface area contributed by atoms with Crippen LogP contribution in [0.2, 0.25) is 0 Å². The summed E-state index contributed by atoms with van der Waals surface area (Å²) in [6.45, 7) is 0. The zero-order valence-electron chi connectivity index (χ0n) is 7.00. The van der Waals surface area contributed by atoms with E-state index in [1.54, 1.807) is 0 Å². The van der Waals surface area contributed by atoms with Gasteiger partial charge in [-0.15, -0.1) is 0 Å². The van der Waals surface area contributed by atoms with Crippen molar-refractivity contribution in [2.75, 3.05) is 0 Å². The van der Waals surface area contributed by atoms with Crippen LogP contribution >= 0.6 is 0 Å². The lowest BCUT2D eigenvalue weighted by Gasteiger charge is -2.01. The van der Waals surface area contributed by atoms with E-state index in [9.17, 15) is 8.78 Å². The van der Waals surface area contributed by atoms with E-state index in [4.69, 9.17) is 9.52 Å². The van der Waals surface area contributed by atoms with Gasteiger partial charge in [0.15, 0.2) is 0 Å². The highest BCUT2D eigenvalue weighted by atomic mass is 19.1. The molecule has 0 amide bonds. The third kappa shape index (κ3) is 1.35. The lowest BCUT2D eigenvalue weighted by atomic mass is 10.1. The van der Waals surface area contributed by atoms with Crippen LogP contribution in [0.5, 0.6) is 5.75 Å². The number of phenols is 1. The fraction of sp³-hybridized carbons (Fsp3) is 0. The second-order valence-corrected chi connectivity index (χ2v) is 2.76. The number of rotatable bonds is 1. The molecule has 0 aliphatic carbocycles. The van der Waals surface area contributed by atoms with Crippen LogP contribution in [0, 0.1) is 11.6 Å². The molecule has 1 N–H and O–H groups in total. The van der Waals surface area contributed by atoms with E-state index >= 15 is 0 Å². The maximum atomic E-state index is 13.2. The molecule has 0 atom stereocenters. The van der Waals surface area contributed by atoms with Crippen LogP contribution < -0.4 is 0 Å². The van der Waals surface area contributed by atoms with Gasteiger partial charge in [0.1, 0.15) is 23.1 Å². The molecule has 1 heterocycles. The van der Waals surface area contributed by atoms with Crippen molar-refractivity contribution < 1.29 is 18.3 Å². The van der Waals surface area contributed by atoms with Crippen LogP contribution in [-0.4, -0.2) is 5.11 Å². The van der Waals surface area contributed by atoms with Gasteiger partial charge in [0.25, 0.3) is 0 Å². The van der Waals surface area contributed by atoms with Gasteiger partial charge in [-0.25, -0.2) is 8.78 Å². The van der Waals surface area contributed by atoms with E-state index in [0.717, 1.165) is 12.1 Å². The predicted octanol–water partition coefficient (Wildman–Crippen LogP) is 2.93. The summed E-state index contributed by atoms with van der Waals surface area (Å²) >= 11 is 0. The lowest BCUT2D eigenvalue weighted by molar-refractivity contribution is 0.460. The zero-order chi connectivity index (χ0) is 10.1. The highest BCUT2D eigenvalue weighted by molar-refractivity contribution is 5.60. The molecule has 0 unspecified atom stereocenters. The second kappa shape index (κ2) is 3.14. The summed E-state index contributed by atoms with van der Waals surface area (Å²) in [5.74, 6) is -2.05. The number of halogens is 2. The molecule has 1 aromatic carbocycles. The minimum absolute atomic E-state index is 0.0972. The molecule has 2 rings (SSSR count). The van der Waals surface area contributed by atoms with Gasteiger partial charge in [-0.1, -0.05) is 0 Å². The molecule has 4 heteroatoms. The number of furan rings is 1. The van der Waals surface area contributed by atoms with Crippen molar-refractivity contribution in [3.63, 3.8) is 0 Å². The Kier molecular flexibility index (Phi) is 1.96. The number of phenolic OH excluding ortho intramolecular Hbond substituents is 1. The summed E-state index contributed by atoms with van der Waals surface area (Å²) < 4.78 is 31.3. The lowest BCUT2D eigenvalue weighted by Crippen LogP contribution is -1.88. The fourth-order valence-electron chi connectivity index (χ4n) is 1.22. The normalized spacial score (nSPS) is 10.4. The topological polar surface area (TPSA) is 33.4 Å². The molecule has 1 aromatic heterocycles. The maximum absolute atomic E-state index is 13.2. The minimum atomic E-state index is -0.850. The molecule has 2 nitrogen and oxygen atoms in total. The number of aromatic hydroxyl groups is 1. The summed E-state index contributed by atoms with van der Waals surface area (Å²) in [6.07, 6.45) is 1.32. The Morgan fingerprint density at radius 1 is 1.14 bits per heavy atom. The maximum Gasteiger partial charge on any atom is 0.140 e. The largest absolute Gasteiger partial charge is 0.508 e. The molecule has 0 bridgehead atoms. The van der Waals surface area contributed by atoms with Gasteiger partial charge in [0.2, 0.25) is 0 Å². The van der Waals surface area contributed by atoms with E-state index in [2.05, 4.69) is 0 Å². The molecule has 0 radical (unpaired) electrons. The minimum Gasteiger partial charge on any atom is -0.508 e. The Bertz CT molecular complexity index is 426. The smallest absolute Gasteiger partial charge is 0.140 e. The average Bonchev–Trinajstić information content (AvgIpc) is 2.54. The third-order valence-electron chi connectivity index (χ3n) is 1.79. The molecule has 0 spiro atoms. The summed E-state index contributed by atoms with van der Waals surface area (Å²) in [4.78, 5) is 0. The van der Waals surface area contributed by atoms with Gasteiger partial charge < -0.3 is 9.52 Å². The van der Waals surface area contributed by atoms with Crippen LogP contribution in [0.4, 0.5) is 8.78 Å². The van der Waals surface area contributed by atoms with E-state index < -0.39 is 17.4 Å². The first kappa shape index (κ1) is 8.74. The van der Waals surface area contributed by atoms with Crippen molar-refractivity contribution in [1.82, 2.24) is 0 Å². The highest BCUT2D eigenvalue weighted by Gasteiger charge is 2.14. The van der Waals surface area contributed by atoms with Gasteiger partial charge in [0, 0.05) is 12.1 Å².